The van der Waals surface area contributed by atoms with E-state index in [1.165, 1.54) is 167 Å². The van der Waals surface area contributed by atoms with Crippen LogP contribution >= 0.6 is 0 Å². The molecule has 5 nitrogen and oxygen atoms in total. The average Bonchev–Trinajstić information content (AvgIpc) is 3.56. The highest BCUT2D eigenvalue weighted by atomic mass is 16.6. The fraction of sp³-hybridized carbons (Fsp3) is 0.851. The third-order valence-electron chi connectivity index (χ3n) is 10.8. The Morgan fingerprint density at radius 1 is 0.577 bits per heavy atom. The van der Waals surface area contributed by atoms with Crippen molar-refractivity contribution in [3.8, 4) is 0 Å². The molecule has 1 rings (SSSR count). The van der Waals surface area contributed by atoms with Crippen molar-refractivity contribution in [2.45, 2.75) is 213 Å². The van der Waals surface area contributed by atoms with Crippen LogP contribution in [0.1, 0.15) is 206 Å². The van der Waals surface area contributed by atoms with Gasteiger partial charge in [0.05, 0.1) is 13.2 Å². The molecular weight excluding hydrogens is 641 g/mol. The van der Waals surface area contributed by atoms with E-state index in [9.17, 15) is 4.79 Å². The van der Waals surface area contributed by atoms with E-state index in [1.807, 2.05) is 4.90 Å². The van der Waals surface area contributed by atoms with Gasteiger partial charge < -0.3 is 19.3 Å². The van der Waals surface area contributed by atoms with Crippen molar-refractivity contribution in [1.29, 1.82) is 0 Å². The summed E-state index contributed by atoms with van der Waals surface area (Å²) in [6.45, 7) is 9.03. The van der Waals surface area contributed by atoms with Crippen molar-refractivity contribution in [1.82, 2.24) is 9.80 Å². The summed E-state index contributed by atoms with van der Waals surface area (Å²) in [7, 11) is 2.19. The van der Waals surface area contributed by atoms with Gasteiger partial charge in [-0.3, -0.25) is 0 Å². The Kier molecular flexibility index (Phi) is 36.4. The molecule has 0 spiro atoms. The number of allylic oxidation sites excluding steroid dienone is 6. The van der Waals surface area contributed by atoms with Gasteiger partial charge in [-0.15, -0.1) is 0 Å². The van der Waals surface area contributed by atoms with Crippen LogP contribution in [0.25, 0.3) is 0 Å². The zero-order chi connectivity index (χ0) is 37.4. The second-order valence-electron chi connectivity index (χ2n) is 15.7. The van der Waals surface area contributed by atoms with Gasteiger partial charge >= 0.3 is 6.09 Å². The monoisotopic (exact) mass is 729 g/mol. The van der Waals surface area contributed by atoms with Crippen LogP contribution in [0.4, 0.5) is 4.79 Å². The summed E-state index contributed by atoms with van der Waals surface area (Å²) in [5.41, 5.74) is 0. The summed E-state index contributed by atoms with van der Waals surface area (Å²) < 4.78 is 11.8. The van der Waals surface area contributed by atoms with Crippen molar-refractivity contribution in [2.24, 2.45) is 0 Å². The number of hydrogen-bond acceptors (Lipinski definition) is 4. The highest BCUT2D eigenvalue weighted by Gasteiger charge is 2.22. The van der Waals surface area contributed by atoms with E-state index in [0.29, 0.717) is 25.8 Å². The number of carbonyl (C=O) groups is 1. The first-order chi connectivity index (χ1) is 25.7. The zero-order valence-corrected chi connectivity index (χ0v) is 35.1. The van der Waals surface area contributed by atoms with Crippen molar-refractivity contribution in [3.05, 3.63) is 36.5 Å². The predicted molar refractivity (Wildman–Crippen MR) is 227 cm³/mol. The van der Waals surface area contributed by atoms with Gasteiger partial charge in [0.25, 0.3) is 0 Å². The minimum absolute atomic E-state index is 0.153. The van der Waals surface area contributed by atoms with Crippen LogP contribution in [0.15, 0.2) is 36.5 Å². The number of nitrogens with zero attached hydrogens (tertiary/aromatic N) is 2. The fourth-order valence-electron chi connectivity index (χ4n) is 7.21. The number of ether oxygens (including phenoxy) is 2. The molecule has 52 heavy (non-hydrogen) atoms. The van der Waals surface area contributed by atoms with E-state index in [0.717, 1.165) is 45.4 Å². The van der Waals surface area contributed by atoms with Crippen LogP contribution < -0.4 is 0 Å². The Morgan fingerprint density at radius 3 is 1.62 bits per heavy atom. The van der Waals surface area contributed by atoms with Gasteiger partial charge in [-0.1, -0.05) is 153 Å². The Labute approximate surface area is 324 Å². The zero-order valence-electron chi connectivity index (χ0n) is 35.1. The molecule has 0 bridgehead atoms. The third-order valence-corrected chi connectivity index (χ3v) is 10.8. The molecule has 1 atom stereocenters. The Bertz CT molecular complexity index is 840. The molecule has 1 aliphatic rings. The summed E-state index contributed by atoms with van der Waals surface area (Å²) >= 11 is 0. The minimum atomic E-state index is -0.153. The van der Waals surface area contributed by atoms with Crippen molar-refractivity contribution in [2.75, 3.05) is 46.5 Å². The molecule has 0 N–H and O–H groups in total. The second-order valence-corrected chi connectivity index (χ2v) is 15.7. The maximum atomic E-state index is 13.0. The van der Waals surface area contributed by atoms with Gasteiger partial charge in [0.15, 0.2) is 0 Å². The van der Waals surface area contributed by atoms with Crippen LogP contribution in [0, 0.1) is 0 Å². The smallest absolute Gasteiger partial charge is 0.409 e. The lowest BCUT2D eigenvalue weighted by Crippen LogP contribution is -2.36. The Balaban J connectivity index is 2.11. The van der Waals surface area contributed by atoms with Gasteiger partial charge in [0.2, 0.25) is 0 Å². The number of carbonyl (C=O) groups excluding carboxylic acids is 1. The molecule has 5 heteroatoms. The van der Waals surface area contributed by atoms with E-state index < -0.39 is 0 Å². The Morgan fingerprint density at radius 2 is 1.06 bits per heavy atom. The standard InChI is InChI=1S/C47H88N2O3/c1-4-6-8-10-12-14-16-18-20-22-24-26-28-30-32-34-36-43-51-45-42-49(47(50)52-44-39-46-38-37-40-48(46)3)41-35-33-31-29-27-25-23-21-19-17-15-13-11-9-7-5-2/h13,15,18-21,46H,4-12,14,16-17,22-45H2,1-3H3/b15-13-,20-18-,21-19-. The molecule has 0 aromatic rings. The number of amides is 1. The van der Waals surface area contributed by atoms with Crippen LogP contribution in [0.5, 0.6) is 0 Å². The number of likely N-dealkylation sites (tertiary alicyclic amines) is 1. The molecule has 1 heterocycles. The van der Waals surface area contributed by atoms with E-state index in [1.54, 1.807) is 0 Å². The fourth-order valence-corrected chi connectivity index (χ4v) is 7.21. The van der Waals surface area contributed by atoms with Gasteiger partial charge in [-0.2, -0.15) is 0 Å². The molecule has 0 saturated carbocycles. The van der Waals surface area contributed by atoms with Crippen molar-refractivity contribution in [3.63, 3.8) is 0 Å². The third kappa shape index (κ3) is 31.9. The lowest BCUT2D eigenvalue weighted by molar-refractivity contribution is 0.0693. The van der Waals surface area contributed by atoms with Crippen LogP contribution in [-0.2, 0) is 9.47 Å². The van der Waals surface area contributed by atoms with E-state index in [4.69, 9.17) is 9.47 Å². The first-order valence-electron chi connectivity index (χ1n) is 22.8. The molecule has 0 aromatic heterocycles. The van der Waals surface area contributed by atoms with E-state index >= 15 is 0 Å². The number of unbranched alkanes of at least 4 members (excludes halogenated alkanes) is 22. The molecule has 1 unspecified atom stereocenters. The first-order valence-corrected chi connectivity index (χ1v) is 22.8. The van der Waals surface area contributed by atoms with Gasteiger partial charge in [-0.25, -0.2) is 4.79 Å². The minimum Gasteiger partial charge on any atom is -0.449 e. The molecule has 304 valence electrons. The molecule has 0 aliphatic carbocycles. The van der Waals surface area contributed by atoms with E-state index in [2.05, 4.69) is 62.3 Å². The van der Waals surface area contributed by atoms with Gasteiger partial charge in [-0.05, 0) is 103 Å². The summed E-state index contributed by atoms with van der Waals surface area (Å²) in [5.74, 6) is 0. The summed E-state index contributed by atoms with van der Waals surface area (Å²) in [4.78, 5) is 17.4. The highest BCUT2D eigenvalue weighted by molar-refractivity contribution is 5.67. The normalized spacial score (nSPS) is 15.2. The van der Waals surface area contributed by atoms with Crippen LogP contribution in [0.3, 0.4) is 0 Å². The molecule has 1 fully saturated rings. The van der Waals surface area contributed by atoms with Gasteiger partial charge in [0, 0.05) is 25.7 Å². The SMILES string of the molecule is CCCCC/C=C\C/C=C\CCCCCCCCN(CCOCCCCCCCCC/C=C\CCCCCCCC)C(=O)OCCC1CCCN1C. The molecular formula is C47H88N2O3. The maximum Gasteiger partial charge on any atom is 0.409 e. The number of rotatable bonds is 38. The largest absolute Gasteiger partial charge is 0.449 e. The maximum absolute atomic E-state index is 13.0. The predicted octanol–water partition coefficient (Wildman–Crippen LogP) is 14.2. The topological polar surface area (TPSA) is 42.0 Å². The van der Waals surface area contributed by atoms with Crippen molar-refractivity contribution >= 4 is 6.09 Å². The van der Waals surface area contributed by atoms with Crippen LogP contribution in [-0.4, -0.2) is 68.4 Å². The molecule has 0 aromatic carbocycles. The molecule has 1 aliphatic heterocycles. The van der Waals surface area contributed by atoms with Crippen LogP contribution in [0.2, 0.25) is 0 Å². The number of hydrogen-bond donors (Lipinski definition) is 0. The quantitative estimate of drug-likeness (QED) is 0.0469. The summed E-state index contributed by atoms with van der Waals surface area (Å²) in [5, 5.41) is 0. The summed E-state index contributed by atoms with van der Waals surface area (Å²) in [6.07, 6.45) is 52.1. The highest BCUT2D eigenvalue weighted by Crippen LogP contribution is 2.18. The average molecular weight is 729 g/mol. The lowest BCUT2D eigenvalue weighted by Gasteiger charge is -2.24. The van der Waals surface area contributed by atoms with Gasteiger partial charge in [0.1, 0.15) is 0 Å². The first kappa shape index (κ1) is 48.4. The lowest BCUT2D eigenvalue weighted by atomic mass is 10.1. The van der Waals surface area contributed by atoms with Crippen molar-refractivity contribution < 1.29 is 14.3 Å². The molecule has 0 radical (unpaired) electrons. The molecule has 1 amide bonds. The Hall–Kier alpha value is -1.59. The second kappa shape index (κ2) is 39.1. The molecule has 1 saturated heterocycles. The van der Waals surface area contributed by atoms with E-state index in [-0.39, 0.29) is 6.09 Å². The summed E-state index contributed by atoms with van der Waals surface area (Å²) in [6, 6.07) is 0.555.